The first-order chi connectivity index (χ1) is 7.61. The van der Waals surface area contributed by atoms with Crippen LogP contribution in [0, 0.1) is 0 Å². The van der Waals surface area contributed by atoms with Crippen LogP contribution in [-0.4, -0.2) is 25.8 Å². The average Bonchev–Trinajstić information content (AvgIpc) is 2.21. The van der Waals surface area contributed by atoms with Gasteiger partial charge in [-0.15, -0.1) is 0 Å². The van der Waals surface area contributed by atoms with Crippen LogP contribution in [0.2, 0.25) is 0 Å². The number of nitrogens with two attached hydrogens (primary N) is 1. The molecule has 0 spiro atoms. The molecule has 0 saturated heterocycles. The molecule has 1 aromatic carbocycles. The molecular weight excluding hydrogens is 206 g/mol. The van der Waals surface area contributed by atoms with Crippen LogP contribution >= 0.6 is 0 Å². The number of esters is 1. The molecule has 0 bridgehead atoms. The Morgan fingerprint density at radius 3 is 2.56 bits per heavy atom. The zero-order valence-corrected chi connectivity index (χ0v) is 9.60. The van der Waals surface area contributed by atoms with Gasteiger partial charge in [0.05, 0.1) is 13.0 Å². The Hall–Kier alpha value is -1.55. The van der Waals surface area contributed by atoms with Gasteiger partial charge < -0.3 is 15.2 Å². The van der Waals surface area contributed by atoms with Crippen LogP contribution in [0.25, 0.3) is 0 Å². The fourth-order valence-electron chi connectivity index (χ4n) is 1.34. The first kappa shape index (κ1) is 12.5. The second kappa shape index (κ2) is 6.12. The molecule has 0 fully saturated rings. The SMILES string of the molecule is COC[C@@H](C)OC(=O)Cc1ccc(N)cc1. The summed E-state index contributed by atoms with van der Waals surface area (Å²) >= 11 is 0. The van der Waals surface area contributed by atoms with Gasteiger partial charge >= 0.3 is 5.97 Å². The summed E-state index contributed by atoms with van der Waals surface area (Å²) < 4.78 is 10.0. The molecule has 0 radical (unpaired) electrons. The van der Waals surface area contributed by atoms with Crippen molar-refractivity contribution in [1.29, 1.82) is 0 Å². The minimum absolute atomic E-state index is 0.216. The monoisotopic (exact) mass is 223 g/mol. The van der Waals surface area contributed by atoms with Crippen LogP contribution in [-0.2, 0) is 20.7 Å². The molecule has 4 heteroatoms. The molecule has 1 rings (SSSR count). The van der Waals surface area contributed by atoms with Crippen molar-refractivity contribution in [3.8, 4) is 0 Å². The number of carbonyl (C=O) groups is 1. The highest BCUT2D eigenvalue weighted by Crippen LogP contribution is 2.07. The van der Waals surface area contributed by atoms with Crippen molar-refractivity contribution in [3.63, 3.8) is 0 Å². The summed E-state index contributed by atoms with van der Waals surface area (Å²) in [5.41, 5.74) is 7.12. The molecule has 0 aliphatic heterocycles. The Balaban J connectivity index is 2.42. The fourth-order valence-corrected chi connectivity index (χ4v) is 1.34. The molecule has 1 aromatic rings. The summed E-state index contributed by atoms with van der Waals surface area (Å²) in [7, 11) is 1.57. The molecule has 88 valence electrons. The second-order valence-electron chi connectivity index (χ2n) is 3.67. The largest absolute Gasteiger partial charge is 0.460 e. The summed E-state index contributed by atoms with van der Waals surface area (Å²) in [5.74, 6) is -0.255. The molecule has 16 heavy (non-hydrogen) atoms. The molecule has 1 atom stereocenters. The lowest BCUT2D eigenvalue weighted by Crippen LogP contribution is -2.20. The molecular formula is C12H17NO3. The van der Waals surface area contributed by atoms with Gasteiger partial charge in [0, 0.05) is 12.8 Å². The Labute approximate surface area is 95.3 Å². The maximum Gasteiger partial charge on any atom is 0.310 e. The van der Waals surface area contributed by atoms with Gasteiger partial charge in [-0.05, 0) is 24.6 Å². The molecule has 4 nitrogen and oxygen atoms in total. The van der Waals surface area contributed by atoms with Gasteiger partial charge in [-0.1, -0.05) is 12.1 Å². The van der Waals surface area contributed by atoms with E-state index in [2.05, 4.69) is 0 Å². The number of hydrogen-bond donors (Lipinski definition) is 1. The summed E-state index contributed by atoms with van der Waals surface area (Å²) in [4.78, 5) is 11.5. The molecule has 0 amide bonds. The zero-order chi connectivity index (χ0) is 12.0. The van der Waals surface area contributed by atoms with E-state index in [1.165, 1.54) is 0 Å². The lowest BCUT2D eigenvalue weighted by atomic mass is 10.1. The Bertz CT molecular complexity index is 335. The van der Waals surface area contributed by atoms with Gasteiger partial charge in [0.1, 0.15) is 6.10 Å². The lowest BCUT2D eigenvalue weighted by Gasteiger charge is -2.11. The Morgan fingerprint density at radius 1 is 1.38 bits per heavy atom. The maximum absolute atomic E-state index is 11.5. The molecule has 0 saturated carbocycles. The predicted octanol–water partition coefficient (Wildman–Crippen LogP) is 1.39. The van der Waals surface area contributed by atoms with Crippen LogP contribution in [0.4, 0.5) is 5.69 Å². The molecule has 0 heterocycles. The van der Waals surface area contributed by atoms with Crippen molar-refractivity contribution in [2.45, 2.75) is 19.4 Å². The van der Waals surface area contributed by atoms with E-state index >= 15 is 0 Å². The predicted molar refractivity (Wildman–Crippen MR) is 62.0 cm³/mol. The number of methoxy groups -OCH3 is 1. The third kappa shape index (κ3) is 4.31. The van der Waals surface area contributed by atoms with Gasteiger partial charge in [-0.25, -0.2) is 0 Å². The Morgan fingerprint density at radius 2 is 2.00 bits per heavy atom. The highest BCUT2D eigenvalue weighted by molar-refractivity contribution is 5.72. The van der Waals surface area contributed by atoms with Gasteiger partial charge in [-0.2, -0.15) is 0 Å². The molecule has 0 aliphatic carbocycles. The highest BCUT2D eigenvalue weighted by Gasteiger charge is 2.09. The van der Waals surface area contributed by atoms with E-state index in [0.717, 1.165) is 5.56 Å². The number of ether oxygens (including phenoxy) is 2. The van der Waals surface area contributed by atoms with Crippen molar-refractivity contribution in [2.75, 3.05) is 19.5 Å². The standard InChI is InChI=1S/C12H17NO3/c1-9(8-15-2)16-12(14)7-10-3-5-11(13)6-4-10/h3-6,9H,7-8,13H2,1-2H3/t9-/m1/s1. The van der Waals surface area contributed by atoms with Crippen LogP contribution < -0.4 is 5.73 Å². The highest BCUT2D eigenvalue weighted by atomic mass is 16.6. The lowest BCUT2D eigenvalue weighted by molar-refractivity contribution is -0.149. The van der Waals surface area contributed by atoms with E-state index < -0.39 is 0 Å². The van der Waals surface area contributed by atoms with Crippen LogP contribution in [0.3, 0.4) is 0 Å². The van der Waals surface area contributed by atoms with Crippen LogP contribution in [0.5, 0.6) is 0 Å². The fraction of sp³-hybridized carbons (Fsp3) is 0.417. The van der Waals surface area contributed by atoms with Crippen molar-refractivity contribution < 1.29 is 14.3 Å². The third-order valence-corrected chi connectivity index (χ3v) is 2.06. The maximum atomic E-state index is 11.5. The van der Waals surface area contributed by atoms with Crippen LogP contribution in [0.15, 0.2) is 24.3 Å². The summed E-state index contributed by atoms with van der Waals surface area (Å²) in [5, 5.41) is 0. The summed E-state index contributed by atoms with van der Waals surface area (Å²) in [6.07, 6.45) is 0.0419. The van der Waals surface area contributed by atoms with Gasteiger partial charge in [-0.3, -0.25) is 4.79 Å². The molecule has 0 aromatic heterocycles. The van der Waals surface area contributed by atoms with E-state index in [4.69, 9.17) is 15.2 Å². The average molecular weight is 223 g/mol. The Kier molecular flexibility index (Phi) is 4.79. The molecule has 0 aliphatic rings. The van der Waals surface area contributed by atoms with E-state index in [0.29, 0.717) is 12.3 Å². The molecule has 2 N–H and O–H groups in total. The van der Waals surface area contributed by atoms with Crippen molar-refractivity contribution >= 4 is 11.7 Å². The third-order valence-electron chi connectivity index (χ3n) is 2.06. The van der Waals surface area contributed by atoms with Crippen molar-refractivity contribution in [3.05, 3.63) is 29.8 Å². The quantitative estimate of drug-likeness (QED) is 0.605. The number of carbonyl (C=O) groups excluding carboxylic acids is 1. The van der Waals surface area contributed by atoms with Gasteiger partial charge in [0.25, 0.3) is 0 Å². The van der Waals surface area contributed by atoms with E-state index in [9.17, 15) is 4.79 Å². The van der Waals surface area contributed by atoms with Crippen molar-refractivity contribution in [2.24, 2.45) is 0 Å². The first-order valence-corrected chi connectivity index (χ1v) is 5.14. The van der Waals surface area contributed by atoms with Crippen LogP contribution in [0.1, 0.15) is 12.5 Å². The van der Waals surface area contributed by atoms with E-state index in [1.807, 2.05) is 12.1 Å². The number of hydrogen-bond acceptors (Lipinski definition) is 4. The number of anilines is 1. The summed E-state index contributed by atoms with van der Waals surface area (Å²) in [6, 6.07) is 7.16. The number of rotatable bonds is 5. The van der Waals surface area contributed by atoms with Crippen molar-refractivity contribution in [1.82, 2.24) is 0 Å². The normalized spacial score (nSPS) is 12.1. The number of nitrogen functional groups attached to an aromatic ring is 1. The first-order valence-electron chi connectivity index (χ1n) is 5.14. The summed E-state index contributed by atoms with van der Waals surface area (Å²) in [6.45, 7) is 2.21. The smallest absolute Gasteiger partial charge is 0.310 e. The number of benzene rings is 1. The second-order valence-corrected chi connectivity index (χ2v) is 3.67. The minimum atomic E-state index is -0.255. The topological polar surface area (TPSA) is 61.5 Å². The zero-order valence-electron chi connectivity index (χ0n) is 9.60. The van der Waals surface area contributed by atoms with Gasteiger partial charge in [0.2, 0.25) is 0 Å². The minimum Gasteiger partial charge on any atom is -0.460 e. The molecule has 0 unspecified atom stereocenters. The van der Waals surface area contributed by atoms with Gasteiger partial charge in [0.15, 0.2) is 0 Å². The van der Waals surface area contributed by atoms with E-state index in [1.54, 1.807) is 26.2 Å². The van der Waals surface area contributed by atoms with E-state index in [-0.39, 0.29) is 18.5 Å².